The van der Waals surface area contributed by atoms with E-state index < -0.39 is 0 Å². The van der Waals surface area contributed by atoms with Crippen molar-refractivity contribution in [3.8, 4) is 0 Å². The second-order valence-electron chi connectivity index (χ2n) is 4.47. The Morgan fingerprint density at radius 2 is 2.00 bits per heavy atom. The molecular weight excluding hydrogens is 240 g/mol. The summed E-state index contributed by atoms with van der Waals surface area (Å²) in [6, 6.07) is 11.3. The summed E-state index contributed by atoms with van der Waals surface area (Å²) in [5, 5.41) is 3.03. The van der Waals surface area contributed by atoms with Crippen molar-refractivity contribution in [3.05, 3.63) is 53.5 Å². The highest BCUT2D eigenvalue weighted by Crippen LogP contribution is 2.17. The molecule has 0 saturated heterocycles. The van der Waals surface area contributed by atoms with Crippen LogP contribution in [0.3, 0.4) is 0 Å². The Morgan fingerprint density at radius 3 is 2.63 bits per heavy atom. The van der Waals surface area contributed by atoms with Gasteiger partial charge in [-0.05, 0) is 31.2 Å². The maximum absolute atomic E-state index is 12.4. The average Bonchev–Trinajstić information content (AvgIpc) is 2.83. The molecule has 0 aliphatic carbocycles. The average molecular weight is 258 g/mol. The molecule has 1 aromatic heterocycles. The summed E-state index contributed by atoms with van der Waals surface area (Å²) in [6.07, 6.45) is 0. The molecule has 0 aliphatic rings. The normalized spacial score (nSPS) is 10.3. The lowest BCUT2D eigenvalue weighted by Crippen LogP contribution is -2.26. The molecule has 0 unspecified atom stereocenters. The fourth-order valence-electron chi connectivity index (χ4n) is 1.97. The number of rotatable bonds is 4. The van der Waals surface area contributed by atoms with Crippen LogP contribution < -0.4 is 5.32 Å². The molecule has 0 spiro atoms. The number of nitrogens with zero attached hydrogens (tertiary/aromatic N) is 1. The fraction of sp³-hybridized carbons (Fsp3) is 0.267. The molecule has 0 radical (unpaired) electrons. The Labute approximate surface area is 113 Å². The van der Waals surface area contributed by atoms with Crippen molar-refractivity contribution in [2.45, 2.75) is 13.5 Å². The van der Waals surface area contributed by atoms with E-state index in [4.69, 9.17) is 4.42 Å². The van der Waals surface area contributed by atoms with E-state index in [1.165, 1.54) is 0 Å². The van der Waals surface area contributed by atoms with Gasteiger partial charge in [0.2, 0.25) is 0 Å². The van der Waals surface area contributed by atoms with E-state index in [1.807, 2.05) is 50.4 Å². The number of hydrogen-bond acceptors (Lipinski definition) is 3. The van der Waals surface area contributed by atoms with Crippen LogP contribution in [0.1, 0.15) is 21.9 Å². The van der Waals surface area contributed by atoms with Crippen LogP contribution in [0, 0.1) is 6.92 Å². The first-order chi connectivity index (χ1) is 9.11. The van der Waals surface area contributed by atoms with Gasteiger partial charge in [0.05, 0.1) is 12.1 Å². The molecule has 100 valence electrons. The lowest BCUT2D eigenvalue weighted by molar-refractivity contribution is 0.0776. The van der Waals surface area contributed by atoms with Gasteiger partial charge in [-0.3, -0.25) is 4.79 Å². The SMILES string of the molecule is CNc1ccccc1C(=O)N(C)Cc1ccc(C)o1. The van der Waals surface area contributed by atoms with Crippen LogP contribution in [-0.4, -0.2) is 24.9 Å². The van der Waals surface area contributed by atoms with Gasteiger partial charge in [-0.15, -0.1) is 0 Å². The van der Waals surface area contributed by atoms with E-state index in [0.29, 0.717) is 12.1 Å². The zero-order chi connectivity index (χ0) is 13.8. The molecule has 1 N–H and O–H groups in total. The zero-order valence-corrected chi connectivity index (χ0v) is 11.4. The quantitative estimate of drug-likeness (QED) is 0.917. The van der Waals surface area contributed by atoms with E-state index in [1.54, 1.807) is 11.9 Å². The van der Waals surface area contributed by atoms with Crippen molar-refractivity contribution in [2.75, 3.05) is 19.4 Å². The third-order valence-corrected chi connectivity index (χ3v) is 2.96. The van der Waals surface area contributed by atoms with Gasteiger partial charge in [-0.1, -0.05) is 12.1 Å². The van der Waals surface area contributed by atoms with Crippen molar-refractivity contribution < 1.29 is 9.21 Å². The van der Waals surface area contributed by atoms with Crippen LogP contribution >= 0.6 is 0 Å². The summed E-state index contributed by atoms with van der Waals surface area (Å²) in [5.41, 5.74) is 1.49. The Hall–Kier alpha value is -2.23. The van der Waals surface area contributed by atoms with Gasteiger partial charge in [0, 0.05) is 19.8 Å². The number of amides is 1. The van der Waals surface area contributed by atoms with Gasteiger partial charge in [-0.2, -0.15) is 0 Å². The maximum Gasteiger partial charge on any atom is 0.256 e. The standard InChI is InChI=1S/C15H18N2O2/c1-11-8-9-12(19-11)10-17(3)15(18)13-6-4-5-7-14(13)16-2/h4-9,16H,10H2,1-3H3. The number of anilines is 1. The highest BCUT2D eigenvalue weighted by atomic mass is 16.3. The number of aryl methyl sites for hydroxylation is 1. The van der Waals surface area contributed by atoms with E-state index >= 15 is 0 Å². The van der Waals surface area contributed by atoms with Crippen LogP contribution in [0.4, 0.5) is 5.69 Å². The number of carbonyl (C=O) groups excluding carboxylic acids is 1. The molecule has 1 aromatic carbocycles. The zero-order valence-electron chi connectivity index (χ0n) is 11.4. The smallest absolute Gasteiger partial charge is 0.256 e. The Kier molecular flexibility index (Phi) is 3.90. The molecule has 0 saturated carbocycles. The van der Waals surface area contributed by atoms with E-state index in [9.17, 15) is 4.79 Å². The van der Waals surface area contributed by atoms with Gasteiger partial charge in [0.1, 0.15) is 11.5 Å². The topological polar surface area (TPSA) is 45.5 Å². The Balaban J connectivity index is 2.14. The summed E-state index contributed by atoms with van der Waals surface area (Å²) in [4.78, 5) is 14.0. The Bertz CT molecular complexity index is 575. The van der Waals surface area contributed by atoms with Crippen molar-refractivity contribution in [3.63, 3.8) is 0 Å². The molecule has 2 aromatic rings. The summed E-state index contributed by atoms with van der Waals surface area (Å²) in [7, 11) is 3.58. The third-order valence-electron chi connectivity index (χ3n) is 2.96. The lowest BCUT2D eigenvalue weighted by atomic mass is 10.1. The molecule has 1 amide bonds. The molecule has 2 rings (SSSR count). The summed E-state index contributed by atoms with van der Waals surface area (Å²) in [6.45, 7) is 2.35. The molecule has 0 aliphatic heterocycles. The van der Waals surface area contributed by atoms with Crippen molar-refractivity contribution in [1.29, 1.82) is 0 Å². The minimum absolute atomic E-state index is 0.0287. The highest BCUT2D eigenvalue weighted by Gasteiger charge is 2.16. The Morgan fingerprint density at radius 1 is 1.26 bits per heavy atom. The molecule has 0 bridgehead atoms. The third kappa shape index (κ3) is 2.96. The number of carbonyl (C=O) groups is 1. The largest absolute Gasteiger partial charge is 0.464 e. The van der Waals surface area contributed by atoms with Crippen LogP contribution in [0.2, 0.25) is 0 Å². The minimum atomic E-state index is -0.0287. The number of para-hydroxylation sites is 1. The number of hydrogen-bond donors (Lipinski definition) is 1. The first-order valence-corrected chi connectivity index (χ1v) is 6.19. The number of benzene rings is 1. The van der Waals surface area contributed by atoms with Gasteiger partial charge in [0.25, 0.3) is 5.91 Å². The van der Waals surface area contributed by atoms with Gasteiger partial charge in [-0.25, -0.2) is 0 Å². The highest BCUT2D eigenvalue weighted by molar-refractivity contribution is 5.99. The monoisotopic (exact) mass is 258 g/mol. The summed E-state index contributed by atoms with van der Waals surface area (Å²) in [5.74, 6) is 1.61. The van der Waals surface area contributed by atoms with Crippen LogP contribution in [0.5, 0.6) is 0 Å². The van der Waals surface area contributed by atoms with Crippen LogP contribution in [-0.2, 0) is 6.54 Å². The van der Waals surface area contributed by atoms with Crippen molar-refractivity contribution in [1.82, 2.24) is 4.90 Å². The van der Waals surface area contributed by atoms with Crippen LogP contribution in [0.25, 0.3) is 0 Å². The van der Waals surface area contributed by atoms with E-state index in [-0.39, 0.29) is 5.91 Å². The number of furan rings is 1. The van der Waals surface area contributed by atoms with Crippen molar-refractivity contribution >= 4 is 11.6 Å². The fourth-order valence-corrected chi connectivity index (χ4v) is 1.97. The second kappa shape index (κ2) is 5.61. The van der Waals surface area contributed by atoms with Crippen molar-refractivity contribution in [2.24, 2.45) is 0 Å². The predicted molar refractivity (Wildman–Crippen MR) is 75.2 cm³/mol. The molecule has 19 heavy (non-hydrogen) atoms. The van der Waals surface area contributed by atoms with Gasteiger partial charge >= 0.3 is 0 Å². The summed E-state index contributed by atoms with van der Waals surface area (Å²) >= 11 is 0. The molecule has 4 nitrogen and oxygen atoms in total. The molecular formula is C15H18N2O2. The molecule has 0 fully saturated rings. The number of nitrogens with one attached hydrogen (secondary N) is 1. The minimum Gasteiger partial charge on any atom is -0.464 e. The molecule has 1 heterocycles. The first kappa shape index (κ1) is 13.2. The molecule has 4 heteroatoms. The van der Waals surface area contributed by atoms with E-state index in [0.717, 1.165) is 17.2 Å². The van der Waals surface area contributed by atoms with Gasteiger partial charge < -0.3 is 14.6 Å². The lowest BCUT2D eigenvalue weighted by Gasteiger charge is -2.17. The van der Waals surface area contributed by atoms with E-state index in [2.05, 4.69) is 5.32 Å². The molecule has 0 atom stereocenters. The van der Waals surface area contributed by atoms with Gasteiger partial charge in [0.15, 0.2) is 0 Å². The predicted octanol–water partition coefficient (Wildman–Crippen LogP) is 2.90. The van der Waals surface area contributed by atoms with Crippen LogP contribution in [0.15, 0.2) is 40.8 Å². The second-order valence-corrected chi connectivity index (χ2v) is 4.47. The summed E-state index contributed by atoms with van der Waals surface area (Å²) < 4.78 is 5.49. The maximum atomic E-state index is 12.4. The first-order valence-electron chi connectivity index (χ1n) is 6.19.